The van der Waals surface area contributed by atoms with Gasteiger partial charge < -0.3 is 35.1 Å². The Morgan fingerprint density at radius 1 is 0.918 bits per heavy atom. The van der Waals surface area contributed by atoms with Crippen molar-refractivity contribution in [2.75, 3.05) is 57.9 Å². The summed E-state index contributed by atoms with van der Waals surface area (Å²) in [4.78, 5) is 29.6. The maximum atomic E-state index is 13.9. The van der Waals surface area contributed by atoms with Crippen LogP contribution in [0.3, 0.4) is 0 Å². The molecule has 3 aromatic rings. The van der Waals surface area contributed by atoms with E-state index in [1.165, 1.54) is 11.1 Å². The smallest absolute Gasteiger partial charge is 0.407 e. The Kier molecular flexibility index (Phi) is 13.8. The molecular formula is C40H54N4O5. The van der Waals surface area contributed by atoms with E-state index in [1.54, 1.807) is 0 Å². The molecule has 0 aromatic heterocycles. The first-order chi connectivity index (χ1) is 24.0. The highest BCUT2D eigenvalue weighted by Crippen LogP contribution is 2.44. The molecule has 264 valence electrons. The number of anilines is 1. The van der Waals surface area contributed by atoms with E-state index < -0.39 is 12.1 Å². The number of unbranched alkanes of at least 4 members (excludes halogenated alkanes) is 1. The number of hydrogen-bond acceptors (Lipinski definition) is 7. The minimum absolute atomic E-state index is 0.0613. The van der Waals surface area contributed by atoms with E-state index >= 15 is 0 Å². The summed E-state index contributed by atoms with van der Waals surface area (Å²) in [5, 5.41) is 9.41. The average Bonchev–Trinajstić information content (AvgIpc) is 3.45. The SMILES string of the molecule is CCCCOc1cc(OCCCN(CC)CC)ccc1NC(=O)C(CC1CCCNC1)NC(=O)OCC1c2ccccc2-c2ccccc21. The van der Waals surface area contributed by atoms with Crippen molar-refractivity contribution in [1.82, 2.24) is 15.5 Å². The molecule has 3 N–H and O–H groups in total. The molecule has 1 fully saturated rings. The van der Waals surface area contributed by atoms with Gasteiger partial charge in [0.1, 0.15) is 24.1 Å². The normalized spacial score (nSPS) is 16.0. The molecule has 1 heterocycles. The maximum absolute atomic E-state index is 13.9. The standard InChI is InChI=1S/C40H54N4O5/c1-4-7-23-48-38-26-30(47-24-13-22-44(5-2)6-3)19-20-36(38)42-39(45)37(25-29-14-12-21-41-27-29)43-40(46)49-28-35-33-17-10-8-15-31(33)32-16-9-11-18-34(32)35/h8-11,15-20,26,29,35,37,41H,4-7,12-14,21-25,27-28H2,1-3H3,(H,42,45)(H,43,46). The molecule has 2 atom stereocenters. The lowest BCUT2D eigenvalue weighted by Gasteiger charge is -2.27. The molecule has 9 nitrogen and oxygen atoms in total. The van der Waals surface area contributed by atoms with E-state index in [-0.39, 0.29) is 24.3 Å². The molecule has 3 aromatic carbocycles. The van der Waals surface area contributed by atoms with E-state index in [0.717, 1.165) is 76.0 Å². The Morgan fingerprint density at radius 3 is 2.31 bits per heavy atom. The van der Waals surface area contributed by atoms with Crippen LogP contribution in [0.15, 0.2) is 66.7 Å². The van der Waals surface area contributed by atoms with Crippen molar-refractivity contribution < 1.29 is 23.8 Å². The van der Waals surface area contributed by atoms with Crippen molar-refractivity contribution in [3.05, 3.63) is 77.9 Å². The fourth-order valence-corrected chi connectivity index (χ4v) is 6.85. The van der Waals surface area contributed by atoms with Crippen molar-refractivity contribution in [2.24, 2.45) is 5.92 Å². The first-order valence-electron chi connectivity index (χ1n) is 18.3. The summed E-state index contributed by atoms with van der Waals surface area (Å²) in [7, 11) is 0. The highest BCUT2D eigenvalue weighted by molar-refractivity contribution is 5.97. The van der Waals surface area contributed by atoms with Crippen molar-refractivity contribution >= 4 is 17.7 Å². The van der Waals surface area contributed by atoms with E-state index in [2.05, 4.69) is 65.9 Å². The second-order valence-electron chi connectivity index (χ2n) is 13.0. The van der Waals surface area contributed by atoms with Gasteiger partial charge in [0.15, 0.2) is 0 Å². The van der Waals surface area contributed by atoms with Gasteiger partial charge in [-0.2, -0.15) is 0 Å². The van der Waals surface area contributed by atoms with Crippen molar-refractivity contribution in [2.45, 2.75) is 71.3 Å². The second-order valence-corrected chi connectivity index (χ2v) is 13.0. The number of piperidine rings is 1. The Morgan fingerprint density at radius 2 is 1.63 bits per heavy atom. The topological polar surface area (TPSA) is 101 Å². The fourth-order valence-electron chi connectivity index (χ4n) is 6.85. The molecule has 0 spiro atoms. The number of fused-ring (bicyclic) bond motifs is 3. The number of carbonyl (C=O) groups is 2. The van der Waals surface area contributed by atoms with Crippen LogP contribution in [0.2, 0.25) is 0 Å². The zero-order valence-corrected chi connectivity index (χ0v) is 29.5. The molecule has 9 heteroatoms. The number of carbonyl (C=O) groups excluding carboxylic acids is 2. The van der Waals surface area contributed by atoms with Gasteiger partial charge in [0.25, 0.3) is 0 Å². The number of rotatable bonds is 18. The van der Waals surface area contributed by atoms with Crippen LogP contribution < -0.4 is 25.4 Å². The van der Waals surface area contributed by atoms with Crippen molar-refractivity contribution in [1.29, 1.82) is 0 Å². The first kappa shape index (κ1) is 36.2. The first-order valence-corrected chi connectivity index (χ1v) is 18.3. The third-order valence-corrected chi connectivity index (χ3v) is 9.67. The monoisotopic (exact) mass is 670 g/mol. The van der Waals surface area contributed by atoms with E-state index in [4.69, 9.17) is 14.2 Å². The van der Waals surface area contributed by atoms with E-state index in [9.17, 15) is 9.59 Å². The van der Waals surface area contributed by atoms with Crippen LogP contribution >= 0.6 is 0 Å². The summed E-state index contributed by atoms with van der Waals surface area (Å²) in [6.45, 7) is 12.6. The van der Waals surface area contributed by atoms with Crippen molar-refractivity contribution in [3.8, 4) is 22.6 Å². The number of ether oxygens (including phenoxy) is 3. The van der Waals surface area contributed by atoms with Crippen LogP contribution in [-0.2, 0) is 9.53 Å². The van der Waals surface area contributed by atoms with Crippen molar-refractivity contribution in [3.63, 3.8) is 0 Å². The average molecular weight is 671 g/mol. The third kappa shape index (κ3) is 9.98. The number of nitrogens with one attached hydrogen (secondary N) is 3. The lowest BCUT2D eigenvalue weighted by molar-refractivity contribution is -0.118. The summed E-state index contributed by atoms with van der Waals surface area (Å²) in [6.07, 6.45) is 4.74. The maximum Gasteiger partial charge on any atom is 0.407 e. The van der Waals surface area contributed by atoms with E-state index in [0.29, 0.717) is 36.8 Å². The summed E-state index contributed by atoms with van der Waals surface area (Å²) >= 11 is 0. The van der Waals surface area contributed by atoms with Gasteiger partial charge in [-0.3, -0.25) is 4.79 Å². The highest BCUT2D eigenvalue weighted by atomic mass is 16.5. The molecular weight excluding hydrogens is 616 g/mol. The predicted molar refractivity (Wildman–Crippen MR) is 196 cm³/mol. The van der Waals surface area contributed by atoms with Gasteiger partial charge in [0, 0.05) is 18.5 Å². The van der Waals surface area contributed by atoms with Gasteiger partial charge in [-0.1, -0.05) is 75.7 Å². The Hall–Kier alpha value is -4.08. The van der Waals surface area contributed by atoms with Gasteiger partial charge in [0.05, 0.1) is 18.9 Å². The molecule has 2 aliphatic rings. The number of nitrogens with zero attached hydrogens (tertiary/aromatic N) is 1. The Bertz CT molecular complexity index is 1460. The highest BCUT2D eigenvalue weighted by Gasteiger charge is 2.31. The second kappa shape index (κ2) is 18.6. The van der Waals surface area contributed by atoms with Crippen LogP contribution in [0.25, 0.3) is 11.1 Å². The van der Waals surface area contributed by atoms with Crippen LogP contribution in [0.4, 0.5) is 10.5 Å². The van der Waals surface area contributed by atoms with Crippen LogP contribution in [-0.4, -0.2) is 75.5 Å². The quantitative estimate of drug-likeness (QED) is 0.123. The molecule has 2 unspecified atom stereocenters. The molecule has 2 amide bonds. The molecule has 5 rings (SSSR count). The molecule has 0 saturated carbocycles. The van der Waals surface area contributed by atoms with Crippen LogP contribution in [0, 0.1) is 5.92 Å². The molecule has 1 saturated heterocycles. The summed E-state index contributed by atoms with van der Waals surface area (Å²) in [5.74, 6) is 1.15. The summed E-state index contributed by atoms with van der Waals surface area (Å²) < 4.78 is 18.1. The van der Waals surface area contributed by atoms with Crippen LogP contribution in [0.1, 0.15) is 76.3 Å². The molecule has 1 aliphatic carbocycles. The zero-order valence-electron chi connectivity index (χ0n) is 29.5. The lowest BCUT2D eigenvalue weighted by atomic mass is 9.92. The molecule has 0 radical (unpaired) electrons. The van der Waals surface area contributed by atoms with Gasteiger partial charge in [-0.25, -0.2) is 4.79 Å². The van der Waals surface area contributed by atoms with Gasteiger partial charge >= 0.3 is 6.09 Å². The van der Waals surface area contributed by atoms with Gasteiger partial charge in [0.2, 0.25) is 5.91 Å². The number of benzene rings is 3. The molecule has 0 bridgehead atoms. The van der Waals surface area contributed by atoms with Gasteiger partial charge in [-0.05, 0) is 98.6 Å². The van der Waals surface area contributed by atoms with Crippen LogP contribution in [0.5, 0.6) is 11.5 Å². The summed E-state index contributed by atoms with van der Waals surface area (Å²) in [5.41, 5.74) is 5.18. The minimum atomic E-state index is -0.778. The fraction of sp³-hybridized carbons (Fsp3) is 0.500. The Balaban J connectivity index is 1.25. The third-order valence-electron chi connectivity index (χ3n) is 9.67. The summed E-state index contributed by atoms with van der Waals surface area (Å²) in [6, 6.07) is 21.3. The predicted octanol–water partition coefficient (Wildman–Crippen LogP) is 7.21. The molecule has 1 aliphatic heterocycles. The molecule has 49 heavy (non-hydrogen) atoms. The largest absolute Gasteiger partial charge is 0.493 e. The van der Waals surface area contributed by atoms with Gasteiger partial charge in [-0.15, -0.1) is 0 Å². The Labute approximate surface area is 292 Å². The zero-order chi connectivity index (χ0) is 34.4. The number of alkyl carbamates (subject to hydrolysis) is 1. The number of amides is 2. The minimum Gasteiger partial charge on any atom is -0.493 e. The lowest BCUT2D eigenvalue weighted by Crippen LogP contribution is -2.47. The number of hydrogen-bond donors (Lipinski definition) is 3. The van der Waals surface area contributed by atoms with E-state index in [1.807, 2.05) is 42.5 Å².